The monoisotopic (exact) mass is 331 g/mol. The van der Waals surface area contributed by atoms with E-state index in [4.69, 9.17) is 4.42 Å². The van der Waals surface area contributed by atoms with Crippen LogP contribution in [0, 0.1) is 6.92 Å². The van der Waals surface area contributed by atoms with Crippen LogP contribution in [-0.2, 0) is 11.3 Å². The molecule has 0 fully saturated rings. The molecule has 0 saturated carbocycles. The topological polar surface area (TPSA) is 122 Å². The lowest BCUT2D eigenvalue weighted by Crippen LogP contribution is -2.25. The van der Waals surface area contributed by atoms with Crippen molar-refractivity contribution in [3.8, 4) is 11.4 Å². The molecule has 3 rings (SSSR count). The quantitative estimate of drug-likeness (QED) is 0.641. The van der Waals surface area contributed by atoms with Gasteiger partial charge in [-0.05, 0) is 12.1 Å². The average Bonchev–Trinajstić information content (AvgIpc) is 3.21. The molecule has 10 heteroatoms. The van der Waals surface area contributed by atoms with Gasteiger partial charge in [0.15, 0.2) is 5.82 Å². The standard InChI is InChI=1S/C13H13N7O2S/c1-8-17-20-13(22-8)23-7-11(21)15-6-10-16-12(19-18-10)9-2-4-14-5-3-9/h2-5H,6-7H2,1H3,(H,15,21)(H,16,18,19). The Morgan fingerprint density at radius 1 is 1.35 bits per heavy atom. The van der Waals surface area contributed by atoms with Crippen molar-refractivity contribution in [1.82, 2.24) is 35.7 Å². The number of H-pyrrole nitrogens is 1. The molecular weight excluding hydrogens is 318 g/mol. The first-order chi connectivity index (χ1) is 11.2. The molecule has 3 aromatic rings. The molecule has 0 atom stereocenters. The number of nitrogens with zero attached hydrogens (tertiary/aromatic N) is 5. The van der Waals surface area contributed by atoms with Crippen molar-refractivity contribution in [3.05, 3.63) is 36.2 Å². The summed E-state index contributed by atoms with van der Waals surface area (Å²) < 4.78 is 5.18. The number of amides is 1. The minimum atomic E-state index is -0.160. The molecule has 0 saturated heterocycles. The van der Waals surface area contributed by atoms with Crippen molar-refractivity contribution in [2.75, 3.05) is 5.75 Å². The van der Waals surface area contributed by atoms with E-state index in [-0.39, 0.29) is 18.2 Å². The van der Waals surface area contributed by atoms with Gasteiger partial charge in [0, 0.05) is 24.9 Å². The fourth-order valence-electron chi connectivity index (χ4n) is 1.70. The van der Waals surface area contributed by atoms with E-state index >= 15 is 0 Å². The van der Waals surface area contributed by atoms with E-state index in [1.165, 1.54) is 11.8 Å². The average molecular weight is 331 g/mol. The lowest BCUT2D eigenvalue weighted by Gasteiger charge is -2.00. The predicted molar refractivity (Wildman–Crippen MR) is 81.2 cm³/mol. The van der Waals surface area contributed by atoms with E-state index in [9.17, 15) is 4.79 Å². The minimum Gasteiger partial charge on any atom is -0.416 e. The SMILES string of the molecule is Cc1nnc(SCC(=O)NCc2nc(-c3ccncc3)n[nH]2)o1. The number of aromatic amines is 1. The molecule has 118 valence electrons. The van der Waals surface area contributed by atoms with Crippen LogP contribution in [0.2, 0.25) is 0 Å². The van der Waals surface area contributed by atoms with Crippen molar-refractivity contribution >= 4 is 17.7 Å². The molecule has 0 aromatic carbocycles. The fraction of sp³-hybridized carbons (Fsp3) is 0.231. The Bertz CT molecular complexity index is 786. The maximum atomic E-state index is 11.8. The van der Waals surface area contributed by atoms with Crippen LogP contribution >= 0.6 is 11.8 Å². The first kappa shape index (κ1) is 15.2. The molecular formula is C13H13N7O2S. The van der Waals surface area contributed by atoms with E-state index in [1.54, 1.807) is 19.3 Å². The lowest BCUT2D eigenvalue weighted by molar-refractivity contribution is -0.118. The van der Waals surface area contributed by atoms with Gasteiger partial charge in [0.2, 0.25) is 11.8 Å². The van der Waals surface area contributed by atoms with Gasteiger partial charge in [0.05, 0.1) is 12.3 Å². The van der Waals surface area contributed by atoms with Crippen molar-refractivity contribution in [1.29, 1.82) is 0 Å². The Hall–Kier alpha value is -2.75. The molecule has 9 nitrogen and oxygen atoms in total. The summed E-state index contributed by atoms with van der Waals surface area (Å²) in [5, 5.41) is 17.5. The summed E-state index contributed by atoms with van der Waals surface area (Å²) in [6.45, 7) is 1.96. The largest absolute Gasteiger partial charge is 0.416 e. The summed E-state index contributed by atoms with van der Waals surface area (Å²) in [6.07, 6.45) is 3.34. The van der Waals surface area contributed by atoms with Gasteiger partial charge in [0.25, 0.3) is 5.22 Å². The Kier molecular flexibility index (Phi) is 4.62. The first-order valence-electron chi connectivity index (χ1n) is 6.72. The van der Waals surface area contributed by atoms with Gasteiger partial charge in [-0.25, -0.2) is 4.98 Å². The van der Waals surface area contributed by atoms with Crippen molar-refractivity contribution in [3.63, 3.8) is 0 Å². The van der Waals surface area contributed by atoms with Gasteiger partial charge in [-0.2, -0.15) is 5.10 Å². The molecule has 0 aliphatic rings. The third-order valence-electron chi connectivity index (χ3n) is 2.76. The van der Waals surface area contributed by atoms with Crippen LogP contribution in [0.1, 0.15) is 11.7 Å². The molecule has 0 unspecified atom stereocenters. The zero-order chi connectivity index (χ0) is 16.1. The van der Waals surface area contributed by atoms with Gasteiger partial charge in [-0.15, -0.1) is 10.2 Å². The highest BCUT2D eigenvalue weighted by atomic mass is 32.2. The number of hydrogen-bond donors (Lipinski definition) is 2. The number of carbonyl (C=O) groups is 1. The van der Waals surface area contributed by atoms with Crippen LogP contribution in [0.4, 0.5) is 0 Å². The number of rotatable bonds is 6. The first-order valence-corrected chi connectivity index (χ1v) is 7.70. The van der Waals surface area contributed by atoms with Gasteiger partial charge in [0.1, 0.15) is 5.82 Å². The number of thioether (sulfide) groups is 1. The maximum absolute atomic E-state index is 11.8. The minimum absolute atomic E-state index is 0.160. The summed E-state index contributed by atoms with van der Waals surface area (Å²) in [6, 6.07) is 3.63. The van der Waals surface area contributed by atoms with E-state index in [1.807, 2.05) is 12.1 Å². The molecule has 2 N–H and O–H groups in total. The molecule has 0 bridgehead atoms. The summed E-state index contributed by atoms with van der Waals surface area (Å²) in [5.74, 6) is 1.63. The third-order valence-corrected chi connectivity index (χ3v) is 3.58. The Balaban J connectivity index is 1.48. The maximum Gasteiger partial charge on any atom is 0.277 e. The molecule has 23 heavy (non-hydrogen) atoms. The molecule has 0 aliphatic carbocycles. The van der Waals surface area contributed by atoms with Gasteiger partial charge >= 0.3 is 0 Å². The van der Waals surface area contributed by atoms with E-state index < -0.39 is 0 Å². The van der Waals surface area contributed by atoms with E-state index in [0.717, 1.165) is 5.56 Å². The molecule has 0 spiro atoms. The number of aryl methyl sites for hydroxylation is 1. The summed E-state index contributed by atoms with van der Waals surface area (Å²) >= 11 is 1.18. The molecule has 0 aliphatic heterocycles. The van der Waals surface area contributed by atoms with Crippen LogP contribution in [-0.4, -0.2) is 42.0 Å². The van der Waals surface area contributed by atoms with E-state index in [0.29, 0.717) is 22.8 Å². The van der Waals surface area contributed by atoms with Crippen LogP contribution in [0.3, 0.4) is 0 Å². The van der Waals surface area contributed by atoms with Gasteiger partial charge in [-0.3, -0.25) is 14.9 Å². The predicted octanol–water partition coefficient (Wildman–Crippen LogP) is 0.967. The van der Waals surface area contributed by atoms with Gasteiger partial charge < -0.3 is 9.73 Å². The van der Waals surface area contributed by atoms with Crippen molar-refractivity contribution in [2.24, 2.45) is 0 Å². The summed E-state index contributed by atoms with van der Waals surface area (Å²) in [5.41, 5.74) is 0.858. The Morgan fingerprint density at radius 2 is 2.17 bits per heavy atom. The second-order valence-electron chi connectivity index (χ2n) is 4.49. The number of aromatic nitrogens is 6. The zero-order valence-electron chi connectivity index (χ0n) is 12.2. The molecule has 3 aromatic heterocycles. The smallest absolute Gasteiger partial charge is 0.277 e. The normalized spacial score (nSPS) is 10.7. The van der Waals surface area contributed by atoms with Crippen LogP contribution < -0.4 is 5.32 Å². The number of hydrogen-bond acceptors (Lipinski definition) is 8. The van der Waals surface area contributed by atoms with Gasteiger partial charge in [-0.1, -0.05) is 11.8 Å². The van der Waals surface area contributed by atoms with E-state index in [2.05, 4.69) is 35.7 Å². The fourth-order valence-corrected chi connectivity index (χ4v) is 2.34. The highest BCUT2D eigenvalue weighted by molar-refractivity contribution is 7.99. The van der Waals surface area contributed by atoms with Crippen LogP contribution in [0.15, 0.2) is 34.2 Å². The van der Waals surface area contributed by atoms with Crippen molar-refractivity contribution in [2.45, 2.75) is 18.7 Å². The lowest BCUT2D eigenvalue weighted by atomic mass is 10.2. The third kappa shape index (κ3) is 4.13. The summed E-state index contributed by atoms with van der Waals surface area (Å²) in [7, 11) is 0. The molecule has 0 radical (unpaired) electrons. The Morgan fingerprint density at radius 3 is 2.91 bits per heavy atom. The van der Waals surface area contributed by atoms with Crippen molar-refractivity contribution < 1.29 is 9.21 Å². The van der Waals surface area contributed by atoms with Crippen LogP contribution in [0.25, 0.3) is 11.4 Å². The number of pyridine rings is 1. The van der Waals surface area contributed by atoms with Crippen LogP contribution in [0.5, 0.6) is 0 Å². The second-order valence-corrected chi connectivity index (χ2v) is 5.42. The highest BCUT2D eigenvalue weighted by Gasteiger charge is 2.09. The molecule has 3 heterocycles. The number of nitrogens with one attached hydrogen (secondary N) is 2. The highest BCUT2D eigenvalue weighted by Crippen LogP contribution is 2.15. The number of carbonyl (C=O) groups excluding carboxylic acids is 1. The second kappa shape index (κ2) is 7.01. The summed E-state index contributed by atoms with van der Waals surface area (Å²) in [4.78, 5) is 20.0. The molecule has 1 amide bonds. The zero-order valence-corrected chi connectivity index (χ0v) is 13.0. The Labute approximate surface area is 135 Å².